The number of anilines is 1. The van der Waals surface area contributed by atoms with E-state index < -0.39 is 6.04 Å². The van der Waals surface area contributed by atoms with Gasteiger partial charge in [-0.05, 0) is 36.2 Å². The van der Waals surface area contributed by atoms with Gasteiger partial charge in [-0.15, -0.1) is 0 Å². The first-order chi connectivity index (χ1) is 20.6. The second-order valence-corrected chi connectivity index (χ2v) is 11.3. The minimum Gasteiger partial charge on any atom is -0.368 e. The van der Waals surface area contributed by atoms with E-state index in [-0.39, 0.29) is 29.9 Å². The minimum atomic E-state index is -0.679. The van der Waals surface area contributed by atoms with Gasteiger partial charge in [-0.3, -0.25) is 19.4 Å². The highest BCUT2D eigenvalue weighted by Gasteiger charge is 2.41. The molecule has 1 fully saturated rings. The smallest absolute Gasteiger partial charge is 0.259 e. The number of amides is 3. The summed E-state index contributed by atoms with van der Waals surface area (Å²) in [5.41, 5.74) is 3.67. The van der Waals surface area contributed by atoms with Crippen LogP contribution in [0.3, 0.4) is 0 Å². The summed E-state index contributed by atoms with van der Waals surface area (Å²) in [6.07, 6.45) is 0.479. The predicted octanol–water partition coefficient (Wildman–Crippen LogP) is 3.82. The van der Waals surface area contributed by atoms with Gasteiger partial charge in [0.1, 0.15) is 11.9 Å². The number of fused-ring (bicyclic) bond motifs is 3. The molecular formula is C32H32N6O3S. The van der Waals surface area contributed by atoms with Crippen molar-refractivity contribution in [3.63, 3.8) is 0 Å². The minimum absolute atomic E-state index is 0.0195. The summed E-state index contributed by atoms with van der Waals surface area (Å²) in [5.74, 6) is 0.386. The number of hydrogen-bond acceptors (Lipinski definition) is 7. The molecule has 42 heavy (non-hydrogen) atoms. The molecule has 0 bridgehead atoms. The molecule has 10 heteroatoms. The van der Waals surface area contributed by atoms with Crippen LogP contribution in [0.1, 0.15) is 24.0 Å². The highest BCUT2D eigenvalue weighted by atomic mass is 32.2. The number of benzene rings is 3. The quantitative estimate of drug-likeness (QED) is 0.437. The van der Waals surface area contributed by atoms with E-state index in [2.05, 4.69) is 22.3 Å². The van der Waals surface area contributed by atoms with Gasteiger partial charge >= 0.3 is 0 Å². The summed E-state index contributed by atoms with van der Waals surface area (Å²) in [5, 5.41) is 3.36. The van der Waals surface area contributed by atoms with E-state index in [1.54, 1.807) is 0 Å². The first-order valence-electron chi connectivity index (χ1n) is 14.2. The number of carbonyl (C=O) groups excluding carboxylic acids is 3. The molecule has 3 aliphatic rings. The van der Waals surface area contributed by atoms with Crippen molar-refractivity contribution in [1.29, 1.82) is 0 Å². The van der Waals surface area contributed by atoms with E-state index in [1.807, 2.05) is 77.7 Å². The van der Waals surface area contributed by atoms with Crippen LogP contribution in [0.4, 0.5) is 11.4 Å². The number of hydrogen-bond donors (Lipinski definition) is 1. The molecule has 3 heterocycles. The van der Waals surface area contributed by atoms with Crippen molar-refractivity contribution in [2.75, 3.05) is 36.8 Å². The zero-order valence-corrected chi connectivity index (χ0v) is 24.0. The number of aliphatic imine (C=N–C) groups is 2. The van der Waals surface area contributed by atoms with Crippen LogP contribution in [0.5, 0.6) is 0 Å². The molecule has 3 aromatic carbocycles. The highest BCUT2D eigenvalue weighted by molar-refractivity contribution is 8.14. The van der Waals surface area contributed by atoms with Gasteiger partial charge < -0.3 is 15.1 Å². The average molecular weight is 581 g/mol. The lowest BCUT2D eigenvalue weighted by atomic mass is 10.1. The SMILES string of the molecule is O=C(CC[C@H]1N=C2c3ccccc3N=C(SCC(=O)N3CCN(c4ccccc4)CC3)N2C1=O)NCc1ccccc1. The maximum Gasteiger partial charge on any atom is 0.259 e. The number of amidine groups is 2. The normalized spacial score (nSPS) is 17.8. The molecule has 3 amide bonds. The number of piperazine rings is 1. The summed E-state index contributed by atoms with van der Waals surface area (Å²) in [6, 6.07) is 26.8. The van der Waals surface area contributed by atoms with Crippen LogP contribution in [0.2, 0.25) is 0 Å². The molecule has 214 valence electrons. The van der Waals surface area contributed by atoms with Crippen molar-refractivity contribution in [2.45, 2.75) is 25.4 Å². The molecule has 0 spiro atoms. The fourth-order valence-electron chi connectivity index (χ4n) is 5.31. The molecule has 6 rings (SSSR count). The van der Waals surface area contributed by atoms with E-state index in [1.165, 1.54) is 16.7 Å². The van der Waals surface area contributed by atoms with Gasteiger partial charge in [0.15, 0.2) is 5.17 Å². The predicted molar refractivity (Wildman–Crippen MR) is 166 cm³/mol. The molecule has 0 aliphatic carbocycles. The molecule has 0 radical (unpaired) electrons. The number of rotatable bonds is 8. The van der Waals surface area contributed by atoms with E-state index in [4.69, 9.17) is 9.98 Å². The fraction of sp³-hybridized carbons (Fsp3) is 0.281. The number of nitrogens with one attached hydrogen (secondary N) is 1. The zero-order valence-electron chi connectivity index (χ0n) is 23.2. The second-order valence-electron chi connectivity index (χ2n) is 10.3. The summed E-state index contributed by atoms with van der Waals surface area (Å²) in [6.45, 7) is 3.28. The standard InChI is InChI=1S/C32H32N6O3S/c39-28(33-21-23-9-3-1-4-10-23)16-15-27-31(41)38-30(34-27)25-13-7-8-14-26(25)35-32(38)42-22-29(40)37-19-17-36(18-20-37)24-11-5-2-6-12-24/h1-14,27H,15-22H2,(H,33,39)/t27-/m1/s1. The van der Waals surface area contributed by atoms with Crippen LogP contribution in [-0.4, -0.2) is 76.5 Å². The number of carbonyl (C=O) groups is 3. The Balaban J connectivity index is 1.07. The fourth-order valence-corrected chi connectivity index (χ4v) is 6.21. The molecule has 0 unspecified atom stereocenters. The largest absolute Gasteiger partial charge is 0.368 e. The van der Waals surface area contributed by atoms with Crippen molar-refractivity contribution in [1.82, 2.24) is 15.1 Å². The molecule has 3 aliphatic heterocycles. The first kappa shape index (κ1) is 27.7. The van der Waals surface area contributed by atoms with Crippen LogP contribution in [-0.2, 0) is 20.9 Å². The highest BCUT2D eigenvalue weighted by Crippen LogP contribution is 2.34. The molecule has 9 nitrogen and oxygen atoms in total. The van der Waals surface area contributed by atoms with E-state index in [0.717, 1.165) is 29.9 Å². The lowest BCUT2D eigenvalue weighted by molar-refractivity contribution is -0.129. The summed E-state index contributed by atoms with van der Waals surface area (Å²) in [7, 11) is 0. The molecule has 1 N–H and O–H groups in total. The topological polar surface area (TPSA) is 97.7 Å². The third kappa shape index (κ3) is 6.08. The molecule has 1 atom stereocenters. The number of nitrogens with zero attached hydrogens (tertiary/aromatic N) is 5. The van der Waals surface area contributed by atoms with Crippen LogP contribution in [0.15, 0.2) is 94.9 Å². The van der Waals surface area contributed by atoms with Crippen molar-refractivity contribution < 1.29 is 14.4 Å². The Labute approximate surface area is 249 Å². The van der Waals surface area contributed by atoms with Crippen LogP contribution < -0.4 is 10.2 Å². The Morgan fingerprint density at radius 2 is 1.57 bits per heavy atom. The maximum absolute atomic E-state index is 13.6. The van der Waals surface area contributed by atoms with Gasteiger partial charge in [0.2, 0.25) is 11.8 Å². The van der Waals surface area contributed by atoms with Crippen LogP contribution in [0, 0.1) is 0 Å². The third-order valence-electron chi connectivity index (χ3n) is 7.60. The van der Waals surface area contributed by atoms with Gasteiger partial charge in [0.05, 0.1) is 11.4 Å². The van der Waals surface area contributed by atoms with Gasteiger partial charge in [0.25, 0.3) is 5.91 Å². The lowest BCUT2D eigenvalue weighted by Crippen LogP contribution is -2.49. The van der Waals surface area contributed by atoms with Gasteiger partial charge in [-0.2, -0.15) is 0 Å². The first-order valence-corrected chi connectivity index (χ1v) is 15.2. The second kappa shape index (κ2) is 12.6. The Kier molecular flexibility index (Phi) is 8.32. The van der Waals surface area contributed by atoms with E-state index in [9.17, 15) is 14.4 Å². The number of thioether (sulfide) groups is 1. The number of para-hydroxylation sites is 2. The van der Waals surface area contributed by atoms with Gasteiger partial charge in [0, 0.05) is 50.4 Å². The van der Waals surface area contributed by atoms with Crippen molar-refractivity contribution in [3.8, 4) is 0 Å². The van der Waals surface area contributed by atoms with Gasteiger partial charge in [-0.25, -0.2) is 9.89 Å². The molecule has 0 aromatic heterocycles. The van der Waals surface area contributed by atoms with Crippen LogP contribution in [0.25, 0.3) is 0 Å². The molecular weight excluding hydrogens is 548 g/mol. The van der Waals surface area contributed by atoms with Crippen molar-refractivity contribution >= 4 is 51.9 Å². The Hall–Kier alpha value is -4.44. The average Bonchev–Trinajstić information content (AvgIpc) is 3.38. The van der Waals surface area contributed by atoms with Gasteiger partial charge in [-0.1, -0.05) is 72.4 Å². The summed E-state index contributed by atoms with van der Waals surface area (Å²) < 4.78 is 0. The van der Waals surface area contributed by atoms with Crippen LogP contribution >= 0.6 is 11.8 Å². The summed E-state index contributed by atoms with van der Waals surface area (Å²) >= 11 is 1.26. The Morgan fingerprint density at radius 3 is 2.33 bits per heavy atom. The maximum atomic E-state index is 13.6. The monoisotopic (exact) mass is 580 g/mol. The van der Waals surface area contributed by atoms with Crippen molar-refractivity contribution in [3.05, 3.63) is 96.1 Å². The molecule has 0 saturated carbocycles. The van der Waals surface area contributed by atoms with Crippen molar-refractivity contribution in [2.24, 2.45) is 9.98 Å². The van der Waals surface area contributed by atoms with E-state index >= 15 is 0 Å². The Bertz CT molecular complexity index is 1520. The zero-order chi connectivity index (χ0) is 28.9. The van der Waals surface area contributed by atoms with E-state index in [0.29, 0.717) is 42.7 Å². The lowest BCUT2D eigenvalue weighted by Gasteiger charge is -2.36. The summed E-state index contributed by atoms with van der Waals surface area (Å²) in [4.78, 5) is 54.4. The third-order valence-corrected chi connectivity index (χ3v) is 8.53. The Morgan fingerprint density at radius 1 is 0.881 bits per heavy atom. The molecule has 3 aromatic rings. The molecule has 1 saturated heterocycles.